The lowest BCUT2D eigenvalue weighted by Crippen LogP contribution is -2.38. The quantitative estimate of drug-likeness (QED) is 0.638. The van der Waals surface area contributed by atoms with Crippen molar-refractivity contribution in [3.63, 3.8) is 0 Å². The average molecular weight is 282 g/mol. The second kappa shape index (κ2) is 5.42. The van der Waals surface area contributed by atoms with E-state index in [-0.39, 0.29) is 9.92 Å². The first-order valence-corrected chi connectivity index (χ1v) is 7.62. The minimum Gasteiger partial charge on any atom is -0.346 e. The van der Waals surface area contributed by atoms with Gasteiger partial charge in [0.1, 0.15) is 6.20 Å². The number of rotatable bonds is 6. The van der Waals surface area contributed by atoms with Crippen LogP contribution in [-0.4, -0.2) is 35.6 Å². The molecule has 1 unspecified atom stereocenters. The molecule has 0 bridgehead atoms. The first kappa shape index (κ1) is 12.8. The van der Waals surface area contributed by atoms with E-state index in [1.807, 2.05) is 0 Å². The Balaban J connectivity index is 1.70. The first-order valence-electron chi connectivity index (χ1n) is 6.81. The smallest absolute Gasteiger partial charge is 0.345 e. The normalized spacial score (nSPS) is 22.6. The minimum absolute atomic E-state index is 0.134. The van der Waals surface area contributed by atoms with Crippen molar-refractivity contribution in [3.8, 4) is 0 Å². The Morgan fingerprint density at radius 1 is 1.47 bits per heavy atom. The summed E-state index contributed by atoms with van der Waals surface area (Å²) in [6.45, 7) is 2.99. The maximum absolute atomic E-state index is 10.8. The molecule has 2 heterocycles. The fraction of sp³-hybridized carbons (Fsp3) is 0.750. The number of anilines is 1. The van der Waals surface area contributed by atoms with E-state index in [1.165, 1.54) is 43.2 Å². The van der Waals surface area contributed by atoms with E-state index in [9.17, 15) is 10.1 Å². The fourth-order valence-corrected chi connectivity index (χ4v) is 3.26. The van der Waals surface area contributed by atoms with Crippen molar-refractivity contribution in [1.29, 1.82) is 0 Å². The third-order valence-electron chi connectivity index (χ3n) is 3.71. The Labute approximate surface area is 116 Å². The molecule has 1 N–H and O–H groups in total. The summed E-state index contributed by atoms with van der Waals surface area (Å²) in [6.07, 6.45) is 6.35. The van der Waals surface area contributed by atoms with Gasteiger partial charge < -0.3 is 10.2 Å². The summed E-state index contributed by atoms with van der Waals surface area (Å²) in [5.41, 5.74) is 0. The molecular weight excluding hydrogens is 264 g/mol. The van der Waals surface area contributed by atoms with Gasteiger partial charge in [-0.1, -0.05) is 0 Å². The van der Waals surface area contributed by atoms with E-state index in [2.05, 4.69) is 15.2 Å². The van der Waals surface area contributed by atoms with Gasteiger partial charge in [0.15, 0.2) is 5.13 Å². The lowest BCUT2D eigenvalue weighted by atomic mass is 10.2. The highest BCUT2D eigenvalue weighted by atomic mass is 32.1. The second-order valence-corrected chi connectivity index (χ2v) is 6.37. The summed E-state index contributed by atoms with van der Waals surface area (Å²) in [5.74, 6) is 0.754. The molecule has 3 rings (SSSR count). The van der Waals surface area contributed by atoms with Crippen LogP contribution in [0.1, 0.15) is 25.7 Å². The summed E-state index contributed by atoms with van der Waals surface area (Å²) in [6, 6.07) is 0.502. The minimum atomic E-state index is -0.357. The second-order valence-electron chi connectivity index (χ2n) is 5.38. The van der Waals surface area contributed by atoms with E-state index in [4.69, 9.17) is 0 Å². The number of hydrogen-bond donors (Lipinski definition) is 1. The first-order chi connectivity index (χ1) is 9.22. The predicted molar refractivity (Wildman–Crippen MR) is 74.7 cm³/mol. The van der Waals surface area contributed by atoms with Crippen molar-refractivity contribution in [2.75, 3.05) is 24.5 Å². The highest BCUT2D eigenvalue weighted by molar-refractivity contribution is 7.18. The SMILES string of the molecule is O=[N+]([O-])c1cnc(N(CC2CC2)CC2CCCN2)s1. The molecule has 0 aromatic carbocycles. The topological polar surface area (TPSA) is 71.3 Å². The Morgan fingerprint density at radius 3 is 2.89 bits per heavy atom. The Kier molecular flexibility index (Phi) is 3.65. The third-order valence-corrected chi connectivity index (χ3v) is 4.72. The lowest BCUT2D eigenvalue weighted by molar-refractivity contribution is -0.380. The van der Waals surface area contributed by atoms with Crippen LogP contribution in [0.4, 0.5) is 10.1 Å². The summed E-state index contributed by atoms with van der Waals surface area (Å²) >= 11 is 1.19. The Morgan fingerprint density at radius 2 is 2.32 bits per heavy atom. The molecule has 1 aliphatic carbocycles. The van der Waals surface area contributed by atoms with Crippen molar-refractivity contribution >= 4 is 21.5 Å². The van der Waals surface area contributed by atoms with E-state index in [0.717, 1.165) is 30.7 Å². The van der Waals surface area contributed by atoms with Crippen LogP contribution >= 0.6 is 11.3 Å². The summed E-state index contributed by atoms with van der Waals surface area (Å²) in [7, 11) is 0. The van der Waals surface area contributed by atoms with Crippen molar-refractivity contribution in [3.05, 3.63) is 16.3 Å². The van der Waals surface area contributed by atoms with E-state index < -0.39 is 0 Å². The molecular formula is C12H18N4O2S. The summed E-state index contributed by atoms with van der Waals surface area (Å²) in [4.78, 5) is 16.9. The van der Waals surface area contributed by atoms with Gasteiger partial charge in [0.25, 0.3) is 0 Å². The number of nitrogens with one attached hydrogen (secondary N) is 1. The van der Waals surface area contributed by atoms with Crippen LogP contribution in [-0.2, 0) is 0 Å². The molecule has 0 radical (unpaired) electrons. The maximum atomic E-state index is 10.8. The van der Waals surface area contributed by atoms with Gasteiger partial charge in [0, 0.05) is 19.1 Å². The van der Waals surface area contributed by atoms with Crippen LogP contribution in [0.25, 0.3) is 0 Å². The van der Waals surface area contributed by atoms with Crippen molar-refractivity contribution < 1.29 is 4.92 Å². The monoisotopic (exact) mass is 282 g/mol. The van der Waals surface area contributed by atoms with Crippen molar-refractivity contribution in [1.82, 2.24) is 10.3 Å². The Hall–Kier alpha value is -1.21. The lowest BCUT2D eigenvalue weighted by Gasteiger charge is -2.25. The molecule has 104 valence electrons. The van der Waals surface area contributed by atoms with E-state index in [0.29, 0.717) is 6.04 Å². The molecule has 19 heavy (non-hydrogen) atoms. The predicted octanol–water partition coefficient (Wildman–Crippen LogP) is 2.02. The van der Waals surface area contributed by atoms with Gasteiger partial charge in [-0.25, -0.2) is 4.98 Å². The number of nitrogens with zero attached hydrogens (tertiary/aromatic N) is 3. The fourth-order valence-electron chi connectivity index (χ4n) is 2.51. The van der Waals surface area contributed by atoms with Gasteiger partial charge in [-0.05, 0) is 49.5 Å². The molecule has 0 spiro atoms. The number of hydrogen-bond acceptors (Lipinski definition) is 6. The van der Waals surface area contributed by atoms with Crippen LogP contribution in [0.15, 0.2) is 6.20 Å². The molecule has 1 aromatic rings. The highest BCUT2D eigenvalue weighted by Crippen LogP contribution is 2.34. The number of thiazole rings is 1. The standard InChI is InChI=1S/C12H18N4O2S/c17-16(18)11-6-14-12(19-11)15(7-9-3-4-9)8-10-2-1-5-13-10/h6,9-10,13H,1-5,7-8H2. The molecule has 6 nitrogen and oxygen atoms in total. The summed E-state index contributed by atoms with van der Waals surface area (Å²) < 4.78 is 0. The number of nitro groups is 1. The molecule has 1 saturated heterocycles. The van der Waals surface area contributed by atoms with Crippen LogP contribution in [0, 0.1) is 16.0 Å². The van der Waals surface area contributed by atoms with Gasteiger partial charge in [-0.15, -0.1) is 0 Å². The molecule has 7 heteroatoms. The third kappa shape index (κ3) is 3.22. The molecule has 2 fully saturated rings. The average Bonchev–Trinajstić information content (AvgIpc) is 2.89. The van der Waals surface area contributed by atoms with Gasteiger partial charge in [0.2, 0.25) is 0 Å². The largest absolute Gasteiger partial charge is 0.346 e. The molecule has 1 saturated carbocycles. The van der Waals surface area contributed by atoms with Gasteiger partial charge in [0.05, 0.1) is 4.92 Å². The maximum Gasteiger partial charge on any atom is 0.345 e. The molecule has 1 aromatic heterocycles. The zero-order valence-electron chi connectivity index (χ0n) is 10.7. The van der Waals surface area contributed by atoms with Crippen molar-refractivity contribution in [2.45, 2.75) is 31.7 Å². The number of aromatic nitrogens is 1. The molecule has 1 atom stereocenters. The zero-order chi connectivity index (χ0) is 13.2. The van der Waals surface area contributed by atoms with Gasteiger partial charge >= 0.3 is 5.00 Å². The van der Waals surface area contributed by atoms with Crippen LogP contribution in [0.3, 0.4) is 0 Å². The van der Waals surface area contributed by atoms with Crippen LogP contribution < -0.4 is 10.2 Å². The molecule has 2 aliphatic rings. The van der Waals surface area contributed by atoms with Crippen molar-refractivity contribution in [2.24, 2.45) is 5.92 Å². The van der Waals surface area contributed by atoms with Crippen LogP contribution in [0.5, 0.6) is 0 Å². The Bertz CT molecular complexity index is 454. The summed E-state index contributed by atoms with van der Waals surface area (Å²) in [5, 5.41) is 15.2. The zero-order valence-corrected chi connectivity index (χ0v) is 11.6. The van der Waals surface area contributed by atoms with Crippen LogP contribution in [0.2, 0.25) is 0 Å². The highest BCUT2D eigenvalue weighted by Gasteiger charge is 2.28. The van der Waals surface area contributed by atoms with Gasteiger partial charge in [-0.3, -0.25) is 10.1 Å². The molecule has 1 aliphatic heterocycles. The van der Waals surface area contributed by atoms with Gasteiger partial charge in [-0.2, -0.15) is 0 Å². The van der Waals surface area contributed by atoms with E-state index in [1.54, 1.807) is 0 Å². The van der Waals surface area contributed by atoms with E-state index >= 15 is 0 Å². The molecule has 0 amide bonds.